The Hall–Kier alpha value is -2.76. The lowest BCUT2D eigenvalue weighted by molar-refractivity contribution is 0.988. The largest absolute Gasteiger partial charge is 0.268 e. The summed E-state index contributed by atoms with van der Waals surface area (Å²) in [5, 5.41) is 12.8. The van der Waals surface area contributed by atoms with Gasteiger partial charge in [0.2, 0.25) is 0 Å². The van der Waals surface area contributed by atoms with Crippen molar-refractivity contribution in [3.63, 3.8) is 0 Å². The van der Waals surface area contributed by atoms with Crippen LogP contribution < -0.4 is 11.1 Å². The number of aromatic nitrogens is 4. The molecular formula is C12H10N4O2. The van der Waals surface area contributed by atoms with Gasteiger partial charge in [-0.1, -0.05) is 18.2 Å². The number of hydrogen-bond donors (Lipinski definition) is 2. The van der Waals surface area contributed by atoms with Crippen molar-refractivity contribution in [1.82, 2.24) is 20.4 Å². The maximum absolute atomic E-state index is 10.8. The third-order valence-corrected chi connectivity index (χ3v) is 2.09. The van der Waals surface area contributed by atoms with Crippen molar-refractivity contribution in [3.05, 3.63) is 69.4 Å². The molecule has 0 spiro atoms. The van der Waals surface area contributed by atoms with Crippen molar-refractivity contribution in [2.75, 3.05) is 0 Å². The first-order valence-electron chi connectivity index (χ1n) is 5.20. The molecule has 18 heavy (non-hydrogen) atoms. The normalized spacial score (nSPS) is 9.56. The molecule has 2 aromatic heterocycles. The second-order valence-corrected chi connectivity index (χ2v) is 3.40. The number of benzene rings is 1. The van der Waals surface area contributed by atoms with Crippen LogP contribution >= 0.6 is 0 Å². The molecule has 0 radical (unpaired) electrons. The van der Waals surface area contributed by atoms with E-state index in [1.165, 1.54) is 18.3 Å². The summed E-state index contributed by atoms with van der Waals surface area (Å²) in [4.78, 5) is 20.9. The summed E-state index contributed by atoms with van der Waals surface area (Å²) in [6, 6.07) is 12.0. The van der Waals surface area contributed by atoms with E-state index in [1.54, 1.807) is 6.07 Å². The average Bonchev–Trinajstić information content (AvgIpc) is 2.40. The lowest BCUT2D eigenvalue weighted by Gasteiger charge is -1.91. The van der Waals surface area contributed by atoms with Crippen molar-refractivity contribution in [2.45, 2.75) is 0 Å². The zero-order chi connectivity index (χ0) is 12.8. The van der Waals surface area contributed by atoms with Crippen LogP contribution in [0.25, 0.3) is 10.9 Å². The number of aromatic amines is 2. The summed E-state index contributed by atoms with van der Waals surface area (Å²) >= 11 is 0. The topological polar surface area (TPSA) is 91.5 Å². The molecule has 3 rings (SSSR count). The minimum atomic E-state index is -0.164. The van der Waals surface area contributed by atoms with Gasteiger partial charge in [-0.2, -0.15) is 10.2 Å². The molecule has 0 aliphatic carbocycles. The van der Waals surface area contributed by atoms with Gasteiger partial charge in [0, 0.05) is 23.7 Å². The Balaban J connectivity index is 0.000000149. The molecule has 1 aromatic carbocycles. The lowest BCUT2D eigenvalue weighted by Crippen LogP contribution is -2.04. The highest BCUT2D eigenvalue weighted by Crippen LogP contribution is 2.04. The van der Waals surface area contributed by atoms with E-state index in [0.29, 0.717) is 0 Å². The van der Waals surface area contributed by atoms with Gasteiger partial charge < -0.3 is 0 Å². The number of hydrogen-bond acceptors (Lipinski definition) is 4. The van der Waals surface area contributed by atoms with Gasteiger partial charge in [0.15, 0.2) is 0 Å². The molecule has 3 aromatic rings. The van der Waals surface area contributed by atoms with Gasteiger partial charge >= 0.3 is 0 Å². The van der Waals surface area contributed by atoms with E-state index in [0.717, 1.165) is 10.9 Å². The second-order valence-electron chi connectivity index (χ2n) is 3.40. The Kier molecular flexibility index (Phi) is 3.60. The molecule has 0 aliphatic rings. The SMILES string of the molecule is O=c1cc2ccccc2n[nH]1.O=c1cccn[nH]1. The molecule has 0 unspecified atom stereocenters. The summed E-state index contributed by atoms with van der Waals surface area (Å²) in [5.41, 5.74) is 0.485. The first-order valence-corrected chi connectivity index (χ1v) is 5.20. The quantitative estimate of drug-likeness (QED) is 0.606. The number of fused-ring (bicyclic) bond motifs is 1. The predicted octanol–water partition coefficient (Wildman–Crippen LogP) is 0.693. The lowest BCUT2D eigenvalue weighted by atomic mass is 10.2. The third kappa shape index (κ3) is 3.11. The molecule has 0 saturated carbocycles. The summed E-state index contributed by atoms with van der Waals surface area (Å²) in [5.74, 6) is 0. The number of rotatable bonds is 0. The van der Waals surface area contributed by atoms with Gasteiger partial charge in [0.05, 0.1) is 5.52 Å². The standard InChI is InChI=1S/C8H6N2O.C4H4N2O/c11-8-5-6-3-1-2-4-7(6)9-10-8;7-4-2-1-3-5-6-4/h1-5H,(H,10,11);1-3H,(H,6,7). The molecule has 0 bridgehead atoms. The van der Waals surface area contributed by atoms with Gasteiger partial charge in [-0.05, 0) is 12.1 Å². The van der Waals surface area contributed by atoms with Crippen LogP contribution in [0.2, 0.25) is 0 Å². The molecule has 0 amide bonds. The average molecular weight is 242 g/mol. The number of H-pyrrole nitrogens is 2. The molecule has 2 N–H and O–H groups in total. The molecule has 2 heterocycles. The Morgan fingerprint density at radius 1 is 0.889 bits per heavy atom. The number of nitrogens with zero attached hydrogens (tertiary/aromatic N) is 2. The molecule has 0 saturated heterocycles. The van der Waals surface area contributed by atoms with Crippen LogP contribution in [-0.4, -0.2) is 20.4 Å². The highest BCUT2D eigenvalue weighted by Gasteiger charge is 1.91. The highest BCUT2D eigenvalue weighted by molar-refractivity contribution is 5.77. The third-order valence-electron chi connectivity index (χ3n) is 2.09. The van der Waals surface area contributed by atoms with Crippen molar-refractivity contribution in [3.8, 4) is 0 Å². The van der Waals surface area contributed by atoms with Crippen molar-refractivity contribution < 1.29 is 0 Å². The monoisotopic (exact) mass is 242 g/mol. The molecule has 6 nitrogen and oxygen atoms in total. The number of nitrogens with one attached hydrogen (secondary N) is 2. The van der Waals surface area contributed by atoms with Gasteiger partial charge in [0.1, 0.15) is 0 Å². The fraction of sp³-hybridized carbons (Fsp3) is 0. The number of para-hydroxylation sites is 1. The fourth-order valence-electron chi connectivity index (χ4n) is 1.31. The predicted molar refractivity (Wildman–Crippen MR) is 67.2 cm³/mol. The smallest absolute Gasteiger partial charge is 0.264 e. The molecule has 0 aliphatic heterocycles. The highest BCUT2D eigenvalue weighted by atomic mass is 16.1. The summed E-state index contributed by atoms with van der Waals surface area (Å²) in [6.07, 6.45) is 1.52. The molecular weight excluding hydrogens is 232 g/mol. The first kappa shape index (κ1) is 11.7. The van der Waals surface area contributed by atoms with Gasteiger partial charge in [-0.25, -0.2) is 10.2 Å². The van der Waals surface area contributed by atoms with Crippen LogP contribution in [0, 0.1) is 0 Å². The zero-order valence-electron chi connectivity index (χ0n) is 9.33. The zero-order valence-corrected chi connectivity index (χ0v) is 9.33. The summed E-state index contributed by atoms with van der Waals surface area (Å²) < 4.78 is 0. The maximum Gasteiger partial charge on any atom is 0.264 e. The van der Waals surface area contributed by atoms with E-state index in [9.17, 15) is 9.59 Å². The molecule has 6 heteroatoms. The van der Waals surface area contributed by atoms with E-state index in [-0.39, 0.29) is 11.1 Å². The van der Waals surface area contributed by atoms with Crippen molar-refractivity contribution in [1.29, 1.82) is 0 Å². The Labute approximate surface area is 101 Å². The first-order chi connectivity index (χ1) is 8.75. The van der Waals surface area contributed by atoms with Crippen molar-refractivity contribution in [2.24, 2.45) is 0 Å². The van der Waals surface area contributed by atoms with E-state index in [4.69, 9.17) is 0 Å². The Morgan fingerprint density at radius 3 is 2.39 bits per heavy atom. The van der Waals surface area contributed by atoms with E-state index in [2.05, 4.69) is 20.4 Å². The van der Waals surface area contributed by atoms with Crippen LogP contribution in [0.5, 0.6) is 0 Å². The van der Waals surface area contributed by atoms with E-state index in [1.807, 2.05) is 24.3 Å². The minimum absolute atomic E-state index is 0.163. The van der Waals surface area contributed by atoms with Crippen LogP contribution in [0.1, 0.15) is 0 Å². The Morgan fingerprint density at radius 2 is 1.72 bits per heavy atom. The van der Waals surface area contributed by atoms with Crippen LogP contribution in [-0.2, 0) is 0 Å². The minimum Gasteiger partial charge on any atom is -0.268 e. The molecule has 0 fully saturated rings. The van der Waals surface area contributed by atoms with Crippen LogP contribution in [0.4, 0.5) is 0 Å². The molecule has 0 atom stereocenters. The van der Waals surface area contributed by atoms with Gasteiger partial charge in [-0.3, -0.25) is 9.59 Å². The summed E-state index contributed by atoms with van der Waals surface area (Å²) in [7, 11) is 0. The van der Waals surface area contributed by atoms with Gasteiger partial charge in [-0.15, -0.1) is 0 Å². The Bertz CT molecular complexity index is 731. The van der Waals surface area contributed by atoms with E-state index >= 15 is 0 Å². The molecule has 90 valence electrons. The van der Waals surface area contributed by atoms with Gasteiger partial charge in [0.25, 0.3) is 11.1 Å². The van der Waals surface area contributed by atoms with Crippen LogP contribution in [0.15, 0.2) is 58.3 Å². The second kappa shape index (κ2) is 5.53. The summed E-state index contributed by atoms with van der Waals surface area (Å²) in [6.45, 7) is 0. The fourth-order valence-corrected chi connectivity index (χ4v) is 1.31. The van der Waals surface area contributed by atoms with Crippen molar-refractivity contribution >= 4 is 10.9 Å². The van der Waals surface area contributed by atoms with E-state index < -0.39 is 0 Å². The van der Waals surface area contributed by atoms with Crippen LogP contribution in [0.3, 0.4) is 0 Å². The maximum atomic E-state index is 10.8.